The van der Waals surface area contributed by atoms with Crippen LogP contribution in [-0.4, -0.2) is 27.8 Å². The van der Waals surface area contributed by atoms with Crippen LogP contribution in [0, 0.1) is 17.5 Å². The number of carbonyl (C=O) groups excluding carboxylic acids is 2. The second kappa shape index (κ2) is 9.20. The molecule has 0 aliphatic rings. The monoisotopic (exact) mass is 418 g/mol. The van der Waals surface area contributed by atoms with E-state index >= 15 is 0 Å². The maximum Gasteiger partial charge on any atom is 0.256 e. The summed E-state index contributed by atoms with van der Waals surface area (Å²) in [6.07, 6.45) is 0. The molecule has 0 unspecified atom stereocenters. The van der Waals surface area contributed by atoms with Gasteiger partial charge in [-0.05, 0) is 42.5 Å². The lowest BCUT2D eigenvalue weighted by molar-refractivity contribution is -0.113. The van der Waals surface area contributed by atoms with Gasteiger partial charge in [0.1, 0.15) is 10.8 Å². The van der Waals surface area contributed by atoms with Crippen molar-refractivity contribution in [1.29, 1.82) is 0 Å². The number of thioether (sulfide) groups is 1. The minimum Gasteiger partial charge on any atom is -0.325 e. The summed E-state index contributed by atoms with van der Waals surface area (Å²) in [5.41, 5.74) is 0.273. The number of rotatable bonds is 6. The molecule has 0 spiro atoms. The number of nitrogens with zero attached hydrogens (tertiary/aromatic N) is 2. The molecule has 0 atom stereocenters. The SMILES string of the molecule is O=C(CSc1ccc(NC(=O)c2cccc(F)c2)nn1)Nc1ccc(F)c(F)c1. The van der Waals surface area contributed by atoms with E-state index in [9.17, 15) is 22.8 Å². The van der Waals surface area contributed by atoms with Crippen LogP contribution in [0.25, 0.3) is 0 Å². The Balaban J connectivity index is 1.51. The van der Waals surface area contributed by atoms with Crippen LogP contribution in [0.5, 0.6) is 0 Å². The maximum absolute atomic E-state index is 13.2. The molecule has 3 rings (SSSR count). The molecule has 0 saturated heterocycles. The van der Waals surface area contributed by atoms with Crippen LogP contribution < -0.4 is 10.6 Å². The highest BCUT2D eigenvalue weighted by Crippen LogP contribution is 2.18. The van der Waals surface area contributed by atoms with Gasteiger partial charge >= 0.3 is 0 Å². The molecule has 6 nitrogen and oxygen atoms in total. The summed E-state index contributed by atoms with van der Waals surface area (Å²) in [7, 11) is 0. The van der Waals surface area contributed by atoms with Gasteiger partial charge in [-0.2, -0.15) is 0 Å². The van der Waals surface area contributed by atoms with Crippen LogP contribution in [-0.2, 0) is 4.79 Å². The Kier molecular flexibility index (Phi) is 6.45. The van der Waals surface area contributed by atoms with Crippen molar-refractivity contribution in [3.05, 3.63) is 77.6 Å². The lowest BCUT2D eigenvalue weighted by Gasteiger charge is -2.06. The highest BCUT2D eigenvalue weighted by molar-refractivity contribution is 7.99. The van der Waals surface area contributed by atoms with E-state index in [-0.39, 0.29) is 22.8 Å². The number of aromatic nitrogens is 2. The molecule has 0 radical (unpaired) electrons. The average Bonchev–Trinajstić information content (AvgIpc) is 2.70. The zero-order valence-electron chi connectivity index (χ0n) is 14.7. The third kappa shape index (κ3) is 5.79. The van der Waals surface area contributed by atoms with E-state index in [2.05, 4.69) is 20.8 Å². The van der Waals surface area contributed by atoms with Gasteiger partial charge in [0.25, 0.3) is 5.91 Å². The Morgan fingerprint density at radius 1 is 0.897 bits per heavy atom. The van der Waals surface area contributed by atoms with Crippen LogP contribution in [0.15, 0.2) is 59.6 Å². The van der Waals surface area contributed by atoms with Gasteiger partial charge in [-0.1, -0.05) is 17.8 Å². The molecule has 3 aromatic rings. The molecule has 0 aliphatic carbocycles. The number of hydrogen-bond donors (Lipinski definition) is 2. The highest BCUT2D eigenvalue weighted by atomic mass is 32.2. The molecule has 29 heavy (non-hydrogen) atoms. The molecule has 0 aliphatic heterocycles. The fourth-order valence-corrected chi connectivity index (χ4v) is 2.81. The molecule has 10 heteroatoms. The van der Waals surface area contributed by atoms with Crippen LogP contribution in [0.1, 0.15) is 10.4 Å². The smallest absolute Gasteiger partial charge is 0.256 e. The van der Waals surface area contributed by atoms with Crippen LogP contribution >= 0.6 is 11.8 Å². The Bertz CT molecular complexity index is 1050. The first-order valence-electron chi connectivity index (χ1n) is 8.19. The van der Waals surface area contributed by atoms with Crippen LogP contribution in [0.3, 0.4) is 0 Å². The molecule has 1 heterocycles. The predicted molar refractivity (Wildman–Crippen MR) is 102 cm³/mol. The third-order valence-electron chi connectivity index (χ3n) is 3.52. The van der Waals surface area contributed by atoms with Crippen LogP contribution in [0.2, 0.25) is 0 Å². The molecule has 0 bridgehead atoms. The third-order valence-corrected chi connectivity index (χ3v) is 4.44. The summed E-state index contributed by atoms with van der Waals surface area (Å²) in [5, 5.41) is 13.0. The zero-order chi connectivity index (χ0) is 20.8. The molecule has 2 N–H and O–H groups in total. The summed E-state index contributed by atoms with van der Waals surface area (Å²) in [6, 6.07) is 11.3. The van der Waals surface area contributed by atoms with Crippen molar-refractivity contribution in [3.63, 3.8) is 0 Å². The molecule has 0 saturated carbocycles. The Labute approximate surface area is 167 Å². The minimum atomic E-state index is -1.06. The second-order valence-corrected chi connectivity index (χ2v) is 6.68. The molecule has 0 fully saturated rings. The van der Waals surface area contributed by atoms with E-state index in [0.717, 1.165) is 30.0 Å². The van der Waals surface area contributed by atoms with E-state index in [4.69, 9.17) is 0 Å². The maximum atomic E-state index is 13.2. The van der Waals surface area contributed by atoms with Gasteiger partial charge in [0.2, 0.25) is 5.91 Å². The van der Waals surface area contributed by atoms with Crippen molar-refractivity contribution in [2.45, 2.75) is 5.03 Å². The van der Waals surface area contributed by atoms with Crippen LogP contribution in [0.4, 0.5) is 24.7 Å². The van der Waals surface area contributed by atoms with Gasteiger partial charge in [-0.3, -0.25) is 9.59 Å². The van der Waals surface area contributed by atoms with Crippen molar-refractivity contribution in [2.24, 2.45) is 0 Å². The Morgan fingerprint density at radius 2 is 1.72 bits per heavy atom. The van der Waals surface area contributed by atoms with Crippen molar-refractivity contribution in [2.75, 3.05) is 16.4 Å². The number of nitrogens with one attached hydrogen (secondary N) is 2. The van der Waals surface area contributed by atoms with Crippen molar-refractivity contribution >= 4 is 35.1 Å². The first kappa shape index (κ1) is 20.3. The lowest BCUT2D eigenvalue weighted by atomic mass is 10.2. The van der Waals surface area contributed by atoms with Crippen molar-refractivity contribution in [1.82, 2.24) is 10.2 Å². The number of benzene rings is 2. The van der Waals surface area contributed by atoms with E-state index in [1.165, 1.54) is 30.3 Å². The number of anilines is 2. The second-order valence-electron chi connectivity index (χ2n) is 5.69. The first-order valence-corrected chi connectivity index (χ1v) is 9.17. The quantitative estimate of drug-likeness (QED) is 0.594. The van der Waals surface area contributed by atoms with Gasteiger partial charge in [0.15, 0.2) is 17.5 Å². The lowest BCUT2D eigenvalue weighted by Crippen LogP contribution is -2.15. The fraction of sp³-hybridized carbons (Fsp3) is 0.0526. The van der Waals surface area contributed by atoms with Crippen molar-refractivity contribution in [3.8, 4) is 0 Å². The number of carbonyl (C=O) groups is 2. The standard InChI is InChI=1S/C19H13F3N4O2S/c20-12-3-1-2-11(8-12)19(28)24-16-6-7-18(26-25-16)29-10-17(27)23-13-4-5-14(21)15(22)9-13/h1-9H,10H2,(H,23,27)(H,24,25,28). The zero-order valence-corrected chi connectivity index (χ0v) is 15.5. The van der Waals surface area contributed by atoms with Crippen molar-refractivity contribution < 1.29 is 22.8 Å². The average molecular weight is 418 g/mol. The minimum absolute atomic E-state index is 0.0390. The summed E-state index contributed by atoms with van der Waals surface area (Å²) in [6.45, 7) is 0. The first-order chi connectivity index (χ1) is 13.9. The summed E-state index contributed by atoms with van der Waals surface area (Å²) in [4.78, 5) is 23.9. The Hall–Kier alpha value is -3.40. The van der Waals surface area contributed by atoms with Gasteiger partial charge in [-0.15, -0.1) is 10.2 Å². The molecule has 1 aromatic heterocycles. The molecule has 148 valence electrons. The largest absolute Gasteiger partial charge is 0.325 e. The number of halogens is 3. The van der Waals surface area contributed by atoms with E-state index in [1.807, 2.05) is 0 Å². The Morgan fingerprint density at radius 3 is 2.41 bits per heavy atom. The summed E-state index contributed by atoms with van der Waals surface area (Å²) in [5.74, 6) is -3.44. The van der Waals surface area contributed by atoms with E-state index in [1.54, 1.807) is 6.07 Å². The molecule has 2 aromatic carbocycles. The molecular formula is C19H13F3N4O2S. The van der Waals surface area contributed by atoms with E-state index in [0.29, 0.717) is 5.03 Å². The van der Waals surface area contributed by atoms with E-state index < -0.39 is 29.3 Å². The van der Waals surface area contributed by atoms with Gasteiger partial charge in [0.05, 0.1) is 5.75 Å². The topological polar surface area (TPSA) is 84.0 Å². The predicted octanol–water partition coefficient (Wildman–Crippen LogP) is 3.88. The normalized spacial score (nSPS) is 10.4. The van der Waals surface area contributed by atoms with Gasteiger partial charge in [0, 0.05) is 17.3 Å². The van der Waals surface area contributed by atoms with Gasteiger partial charge in [-0.25, -0.2) is 13.2 Å². The molecular weight excluding hydrogens is 405 g/mol. The summed E-state index contributed by atoms with van der Waals surface area (Å²) < 4.78 is 39.2. The summed E-state index contributed by atoms with van der Waals surface area (Å²) >= 11 is 1.07. The fourth-order valence-electron chi connectivity index (χ4n) is 2.19. The van der Waals surface area contributed by atoms with Gasteiger partial charge < -0.3 is 10.6 Å². The number of amides is 2. The molecule has 2 amide bonds. The number of hydrogen-bond acceptors (Lipinski definition) is 5. The highest BCUT2D eigenvalue weighted by Gasteiger charge is 2.10.